The van der Waals surface area contributed by atoms with E-state index in [1.54, 1.807) is 0 Å². The second kappa shape index (κ2) is 18.2. The third kappa shape index (κ3) is 12.4. The Morgan fingerprint density at radius 2 is 1.07 bits per heavy atom. The molecule has 11 nitrogen and oxygen atoms in total. The molecule has 0 bridgehead atoms. The SMILES string of the molecule is CCCCCCCCCCCCCCCCc1cc(S(=O)(=O)N=[N+]=[N-])ccc1Oc1ccc(S(=O)(=O)N=[N+]=[N-])cc1. The lowest BCUT2D eigenvalue weighted by molar-refractivity contribution is 0.472. The van der Waals surface area contributed by atoms with Crippen molar-refractivity contribution < 1.29 is 21.6 Å². The molecule has 2 aromatic carbocycles. The smallest absolute Gasteiger partial charge is 0.264 e. The molecule has 0 radical (unpaired) electrons. The topological polar surface area (TPSA) is 175 Å². The summed E-state index contributed by atoms with van der Waals surface area (Å²) in [5.41, 5.74) is 17.7. The average molecular weight is 605 g/mol. The van der Waals surface area contributed by atoms with Gasteiger partial charge in [-0.1, -0.05) is 90.4 Å². The Hall–Kier alpha value is -3.24. The van der Waals surface area contributed by atoms with Gasteiger partial charge in [-0.2, -0.15) is 0 Å². The summed E-state index contributed by atoms with van der Waals surface area (Å²) in [4.78, 5) is 4.44. The Bertz CT molecular complexity index is 1400. The lowest BCUT2D eigenvalue weighted by atomic mass is 10.0. The number of unbranched alkanes of at least 4 members (excludes halogenated alkanes) is 13. The van der Waals surface area contributed by atoms with E-state index in [1.807, 2.05) is 0 Å². The van der Waals surface area contributed by atoms with Gasteiger partial charge >= 0.3 is 0 Å². The molecular weight excluding hydrogens is 564 g/mol. The quantitative estimate of drug-likeness (QED) is 0.0595. The molecule has 0 aliphatic heterocycles. The molecule has 224 valence electrons. The van der Waals surface area contributed by atoms with Gasteiger partial charge in [0.15, 0.2) is 0 Å². The summed E-state index contributed by atoms with van der Waals surface area (Å²) in [6.07, 6.45) is 17.7. The second-order valence-corrected chi connectivity index (χ2v) is 13.2. The van der Waals surface area contributed by atoms with E-state index in [2.05, 4.69) is 25.8 Å². The van der Waals surface area contributed by atoms with Crippen molar-refractivity contribution in [1.29, 1.82) is 0 Å². The predicted octanol–water partition coefficient (Wildman–Crippen LogP) is 9.50. The van der Waals surface area contributed by atoms with Crippen LogP contribution in [0.5, 0.6) is 11.5 Å². The molecule has 2 aromatic rings. The fourth-order valence-corrected chi connectivity index (χ4v) is 5.91. The van der Waals surface area contributed by atoms with Gasteiger partial charge in [0.1, 0.15) is 11.5 Å². The molecule has 2 rings (SSSR count). The minimum absolute atomic E-state index is 0.126. The average Bonchev–Trinajstić information content (AvgIpc) is 2.94. The van der Waals surface area contributed by atoms with Crippen molar-refractivity contribution in [2.45, 2.75) is 113 Å². The van der Waals surface area contributed by atoms with E-state index in [9.17, 15) is 16.8 Å². The highest BCUT2D eigenvalue weighted by Crippen LogP contribution is 2.31. The molecule has 0 unspecified atom stereocenters. The minimum atomic E-state index is -4.16. The fraction of sp³-hybridized carbons (Fsp3) is 0.571. The Balaban J connectivity index is 1.92. The molecule has 0 heterocycles. The van der Waals surface area contributed by atoms with E-state index < -0.39 is 20.0 Å². The first-order chi connectivity index (χ1) is 19.7. The maximum absolute atomic E-state index is 12.3. The Labute approximate surface area is 243 Å². The van der Waals surface area contributed by atoms with Crippen LogP contribution in [0, 0.1) is 0 Å². The van der Waals surface area contributed by atoms with Gasteiger partial charge in [0.25, 0.3) is 20.0 Å². The van der Waals surface area contributed by atoms with Crippen LogP contribution in [-0.4, -0.2) is 16.8 Å². The summed E-state index contributed by atoms with van der Waals surface area (Å²) >= 11 is 0. The zero-order valence-corrected chi connectivity index (χ0v) is 25.3. The first kappa shape index (κ1) is 34.0. The lowest BCUT2D eigenvalue weighted by Gasteiger charge is -2.13. The van der Waals surface area contributed by atoms with Crippen LogP contribution in [0.4, 0.5) is 0 Å². The van der Waals surface area contributed by atoms with Crippen molar-refractivity contribution in [2.24, 2.45) is 9.04 Å². The molecule has 13 heteroatoms. The number of ether oxygens (including phenoxy) is 1. The van der Waals surface area contributed by atoms with Crippen LogP contribution in [0.2, 0.25) is 0 Å². The Morgan fingerprint density at radius 1 is 0.634 bits per heavy atom. The minimum Gasteiger partial charge on any atom is -0.457 e. The number of nitrogens with zero attached hydrogens (tertiary/aromatic N) is 6. The van der Waals surface area contributed by atoms with Crippen molar-refractivity contribution >= 4 is 20.0 Å². The van der Waals surface area contributed by atoms with Gasteiger partial charge in [0, 0.05) is 18.9 Å². The van der Waals surface area contributed by atoms with Crippen molar-refractivity contribution in [3.8, 4) is 11.5 Å². The lowest BCUT2D eigenvalue weighted by Crippen LogP contribution is -2.00. The molecule has 0 aliphatic rings. The zero-order chi connectivity index (χ0) is 30.0. The van der Waals surface area contributed by atoms with Crippen LogP contribution in [0.3, 0.4) is 0 Å². The van der Waals surface area contributed by atoms with Gasteiger partial charge in [-0.15, -0.1) is 0 Å². The summed E-state index contributed by atoms with van der Waals surface area (Å²) in [6, 6.07) is 9.58. The van der Waals surface area contributed by atoms with Gasteiger partial charge in [-0.3, -0.25) is 0 Å². The largest absolute Gasteiger partial charge is 0.457 e. The summed E-state index contributed by atoms with van der Waals surface area (Å²) < 4.78 is 60.0. The number of rotatable bonds is 21. The van der Waals surface area contributed by atoms with E-state index >= 15 is 0 Å². The molecule has 41 heavy (non-hydrogen) atoms. The number of hydrogen-bond donors (Lipinski definition) is 0. The molecule has 0 saturated heterocycles. The molecule has 0 aliphatic carbocycles. The van der Waals surface area contributed by atoms with E-state index in [-0.39, 0.29) is 9.79 Å². The Morgan fingerprint density at radius 3 is 1.56 bits per heavy atom. The Kier molecular flexibility index (Phi) is 15.1. The maximum Gasteiger partial charge on any atom is 0.264 e. The third-order valence-electron chi connectivity index (χ3n) is 6.77. The normalized spacial score (nSPS) is 11.4. The first-order valence-corrected chi connectivity index (χ1v) is 17.1. The number of benzene rings is 2. The van der Waals surface area contributed by atoms with Crippen LogP contribution in [0.25, 0.3) is 20.9 Å². The molecule has 0 fully saturated rings. The molecule has 0 spiro atoms. The van der Waals surface area contributed by atoms with E-state index in [1.165, 1.54) is 107 Å². The standard InChI is InChI=1S/C28H40N6O5S2/c1-2-3-4-5-6-7-8-9-10-11-12-13-14-15-16-24-23-27(41(37,38)34-32-30)21-22-28(24)39-25-17-19-26(20-18-25)40(35,36)33-31-29/h17-23H,2-16H2,1H3. The molecule has 0 amide bonds. The van der Waals surface area contributed by atoms with Crippen molar-refractivity contribution in [3.63, 3.8) is 0 Å². The highest BCUT2D eigenvalue weighted by Gasteiger charge is 2.17. The number of hydrogen-bond acceptors (Lipinski definition) is 5. The second-order valence-electron chi connectivity index (χ2n) is 9.98. The monoisotopic (exact) mass is 604 g/mol. The number of aryl methyl sites for hydroxylation is 1. The maximum atomic E-state index is 12.3. The van der Waals surface area contributed by atoms with Gasteiger partial charge in [-0.05, 0) is 71.9 Å². The van der Waals surface area contributed by atoms with Crippen molar-refractivity contribution in [3.05, 3.63) is 68.9 Å². The molecule has 0 N–H and O–H groups in total. The summed E-state index contributed by atoms with van der Waals surface area (Å²) in [7, 11) is -8.28. The molecular formula is C28H40N6O5S2. The van der Waals surface area contributed by atoms with Crippen LogP contribution in [0.1, 0.15) is 102 Å². The summed E-state index contributed by atoms with van der Waals surface area (Å²) in [5, 5.41) is 0. The number of azide groups is 2. The van der Waals surface area contributed by atoms with Crippen LogP contribution >= 0.6 is 0 Å². The van der Waals surface area contributed by atoms with E-state index in [0.717, 1.165) is 25.7 Å². The van der Waals surface area contributed by atoms with Gasteiger partial charge in [-0.25, -0.2) is 16.8 Å². The van der Waals surface area contributed by atoms with Crippen molar-refractivity contribution in [1.82, 2.24) is 0 Å². The summed E-state index contributed by atoms with van der Waals surface area (Å²) in [5.74, 6) is 0.725. The van der Waals surface area contributed by atoms with Gasteiger partial charge in [0.05, 0.1) is 9.79 Å². The fourth-order valence-electron chi connectivity index (χ4n) is 4.52. The van der Waals surface area contributed by atoms with Crippen LogP contribution in [0.15, 0.2) is 61.3 Å². The molecule has 0 saturated carbocycles. The van der Waals surface area contributed by atoms with Crippen LogP contribution < -0.4 is 4.74 Å². The predicted molar refractivity (Wildman–Crippen MR) is 160 cm³/mol. The number of sulfonamides is 2. The molecule has 0 atom stereocenters. The highest BCUT2D eigenvalue weighted by atomic mass is 32.2. The van der Waals surface area contributed by atoms with Gasteiger partial charge in [0.2, 0.25) is 0 Å². The van der Waals surface area contributed by atoms with Gasteiger partial charge < -0.3 is 4.74 Å². The van der Waals surface area contributed by atoms with E-state index in [4.69, 9.17) is 15.8 Å². The third-order valence-corrected chi connectivity index (χ3v) is 9.06. The van der Waals surface area contributed by atoms with Crippen molar-refractivity contribution in [2.75, 3.05) is 0 Å². The van der Waals surface area contributed by atoms with E-state index in [0.29, 0.717) is 23.5 Å². The highest BCUT2D eigenvalue weighted by molar-refractivity contribution is 7.90. The van der Waals surface area contributed by atoms with Crippen LogP contribution in [-0.2, 0) is 26.5 Å². The first-order valence-electron chi connectivity index (χ1n) is 14.3. The summed E-state index contributed by atoms with van der Waals surface area (Å²) in [6.45, 7) is 2.24. The zero-order valence-electron chi connectivity index (χ0n) is 23.7. The molecule has 0 aromatic heterocycles.